The van der Waals surface area contributed by atoms with Crippen molar-refractivity contribution < 1.29 is 17.9 Å². The quantitative estimate of drug-likeness (QED) is 0.874. The standard InChI is InChI=1S/C17H17N3O4S/c1-10-6-7-18-17(16(10)11-2-3-11)20-25(22,23)12-4-5-14-13(8-12)19-15(21)9-24-14/h4-8,11H,2-3,9H2,1H3,(H,18,20)(H,19,21). The van der Waals surface area contributed by atoms with E-state index >= 15 is 0 Å². The van der Waals surface area contributed by atoms with E-state index in [-0.39, 0.29) is 17.4 Å². The highest BCUT2D eigenvalue weighted by Gasteiger charge is 2.30. The zero-order chi connectivity index (χ0) is 17.6. The summed E-state index contributed by atoms with van der Waals surface area (Å²) in [5.41, 5.74) is 2.33. The van der Waals surface area contributed by atoms with E-state index in [1.807, 2.05) is 13.0 Å². The van der Waals surface area contributed by atoms with Crippen molar-refractivity contribution in [2.24, 2.45) is 0 Å². The first-order valence-corrected chi connectivity index (χ1v) is 9.47. The fraction of sp³-hybridized carbons (Fsp3) is 0.294. The largest absolute Gasteiger partial charge is 0.482 e. The van der Waals surface area contributed by atoms with Gasteiger partial charge in [-0.05, 0) is 55.5 Å². The number of benzene rings is 1. The van der Waals surface area contributed by atoms with Crippen molar-refractivity contribution >= 4 is 27.4 Å². The maximum atomic E-state index is 12.8. The summed E-state index contributed by atoms with van der Waals surface area (Å²) in [6.07, 6.45) is 3.69. The van der Waals surface area contributed by atoms with E-state index in [0.717, 1.165) is 24.0 Å². The highest BCUT2D eigenvalue weighted by Crippen LogP contribution is 2.44. The Kier molecular flexibility index (Phi) is 3.64. The lowest BCUT2D eigenvalue weighted by atomic mass is 10.1. The fourth-order valence-electron chi connectivity index (χ4n) is 2.95. The Bertz CT molecular complexity index is 968. The molecule has 1 aromatic carbocycles. The minimum absolute atomic E-state index is 0.0436. The van der Waals surface area contributed by atoms with Crippen molar-refractivity contribution in [3.8, 4) is 5.75 Å². The predicted octanol–water partition coefficient (Wildman–Crippen LogP) is 2.40. The second-order valence-electron chi connectivity index (χ2n) is 6.26. The molecule has 2 N–H and O–H groups in total. The molecule has 4 rings (SSSR count). The van der Waals surface area contributed by atoms with Crippen LogP contribution in [0.25, 0.3) is 0 Å². The second kappa shape index (κ2) is 5.73. The number of pyridine rings is 1. The van der Waals surface area contributed by atoms with Gasteiger partial charge in [0.15, 0.2) is 6.61 Å². The van der Waals surface area contributed by atoms with Crippen LogP contribution in [-0.4, -0.2) is 25.9 Å². The van der Waals surface area contributed by atoms with Crippen LogP contribution in [-0.2, 0) is 14.8 Å². The van der Waals surface area contributed by atoms with Crippen LogP contribution in [0.2, 0.25) is 0 Å². The molecule has 7 nitrogen and oxygen atoms in total. The molecule has 1 saturated carbocycles. The molecule has 1 aromatic heterocycles. The minimum atomic E-state index is -3.83. The number of nitrogens with one attached hydrogen (secondary N) is 2. The molecule has 2 heterocycles. The smallest absolute Gasteiger partial charge is 0.263 e. The lowest BCUT2D eigenvalue weighted by Crippen LogP contribution is -2.25. The number of ether oxygens (including phenoxy) is 1. The van der Waals surface area contributed by atoms with Crippen LogP contribution in [0.5, 0.6) is 5.75 Å². The topological polar surface area (TPSA) is 97.4 Å². The summed E-state index contributed by atoms with van der Waals surface area (Å²) in [5.74, 6) is 0.875. The zero-order valence-electron chi connectivity index (χ0n) is 13.6. The Balaban J connectivity index is 1.68. The van der Waals surface area contributed by atoms with Crippen LogP contribution in [0, 0.1) is 6.92 Å². The van der Waals surface area contributed by atoms with Gasteiger partial charge in [-0.15, -0.1) is 0 Å². The number of fused-ring (bicyclic) bond motifs is 1. The maximum Gasteiger partial charge on any atom is 0.263 e. The molecule has 0 atom stereocenters. The summed E-state index contributed by atoms with van der Waals surface area (Å²) in [5, 5.41) is 2.61. The number of aryl methyl sites for hydroxylation is 1. The molecule has 25 heavy (non-hydrogen) atoms. The average molecular weight is 359 g/mol. The monoisotopic (exact) mass is 359 g/mol. The van der Waals surface area contributed by atoms with E-state index in [1.165, 1.54) is 18.2 Å². The summed E-state index contributed by atoms with van der Waals surface area (Å²) in [6.45, 7) is 1.88. The van der Waals surface area contributed by atoms with Gasteiger partial charge in [-0.3, -0.25) is 9.52 Å². The number of anilines is 2. The Hall–Kier alpha value is -2.61. The molecule has 0 radical (unpaired) electrons. The van der Waals surface area contributed by atoms with E-state index < -0.39 is 10.0 Å². The van der Waals surface area contributed by atoms with Gasteiger partial charge in [0.2, 0.25) is 0 Å². The Morgan fingerprint density at radius 2 is 2.08 bits per heavy atom. The molecule has 1 aliphatic carbocycles. The van der Waals surface area contributed by atoms with E-state index in [1.54, 1.807) is 6.20 Å². The first-order chi connectivity index (χ1) is 11.9. The molecule has 2 aromatic rings. The van der Waals surface area contributed by atoms with Gasteiger partial charge in [0.05, 0.1) is 10.6 Å². The lowest BCUT2D eigenvalue weighted by Gasteiger charge is -2.19. The van der Waals surface area contributed by atoms with Crippen molar-refractivity contribution in [3.05, 3.63) is 41.6 Å². The second-order valence-corrected chi connectivity index (χ2v) is 7.95. The highest BCUT2D eigenvalue weighted by atomic mass is 32.2. The molecule has 0 unspecified atom stereocenters. The third-order valence-corrected chi connectivity index (χ3v) is 5.66. The van der Waals surface area contributed by atoms with Crippen molar-refractivity contribution in [3.63, 3.8) is 0 Å². The number of nitrogens with zero attached hydrogens (tertiary/aromatic N) is 1. The number of sulfonamides is 1. The van der Waals surface area contributed by atoms with Crippen LogP contribution in [0.15, 0.2) is 35.4 Å². The molecule has 2 aliphatic rings. The van der Waals surface area contributed by atoms with Gasteiger partial charge < -0.3 is 10.1 Å². The molecule has 1 amide bonds. The van der Waals surface area contributed by atoms with E-state index in [0.29, 0.717) is 23.2 Å². The Morgan fingerprint density at radius 1 is 1.28 bits per heavy atom. The van der Waals surface area contributed by atoms with Gasteiger partial charge >= 0.3 is 0 Å². The molecule has 8 heteroatoms. The van der Waals surface area contributed by atoms with Gasteiger partial charge in [0, 0.05) is 11.8 Å². The van der Waals surface area contributed by atoms with Crippen molar-refractivity contribution in [2.75, 3.05) is 16.6 Å². The SMILES string of the molecule is Cc1ccnc(NS(=O)(=O)c2ccc3c(c2)NC(=O)CO3)c1C1CC1. The van der Waals surface area contributed by atoms with Gasteiger partial charge in [-0.25, -0.2) is 13.4 Å². The summed E-state index contributed by atoms with van der Waals surface area (Å²) in [4.78, 5) is 15.7. The summed E-state index contributed by atoms with van der Waals surface area (Å²) >= 11 is 0. The molecular weight excluding hydrogens is 342 g/mol. The summed E-state index contributed by atoms with van der Waals surface area (Å²) in [7, 11) is -3.83. The fourth-order valence-corrected chi connectivity index (χ4v) is 4.01. The molecule has 0 bridgehead atoms. The van der Waals surface area contributed by atoms with Crippen LogP contribution in [0.4, 0.5) is 11.5 Å². The Labute approximate surface area is 145 Å². The number of aromatic nitrogens is 1. The maximum absolute atomic E-state index is 12.8. The van der Waals surface area contributed by atoms with Gasteiger partial charge in [0.25, 0.3) is 15.9 Å². The first kappa shape index (κ1) is 15.9. The molecular formula is C17H17N3O4S. The summed E-state index contributed by atoms with van der Waals surface area (Å²) in [6, 6.07) is 6.26. The molecule has 130 valence electrons. The van der Waals surface area contributed by atoms with Crippen molar-refractivity contribution in [1.82, 2.24) is 4.98 Å². The number of hydrogen-bond acceptors (Lipinski definition) is 5. The highest BCUT2D eigenvalue weighted by molar-refractivity contribution is 7.92. The normalized spacial score (nSPS) is 16.6. The van der Waals surface area contributed by atoms with Crippen molar-refractivity contribution in [2.45, 2.75) is 30.6 Å². The molecule has 1 aliphatic heterocycles. The number of carbonyl (C=O) groups is 1. The van der Waals surface area contributed by atoms with Gasteiger partial charge in [-0.2, -0.15) is 0 Å². The minimum Gasteiger partial charge on any atom is -0.482 e. The number of hydrogen-bond donors (Lipinski definition) is 2. The third kappa shape index (κ3) is 3.05. The van der Waals surface area contributed by atoms with Gasteiger partial charge in [-0.1, -0.05) is 0 Å². The third-order valence-electron chi connectivity index (χ3n) is 4.32. The lowest BCUT2D eigenvalue weighted by molar-refractivity contribution is -0.118. The van der Waals surface area contributed by atoms with E-state index in [4.69, 9.17) is 4.74 Å². The predicted molar refractivity (Wildman–Crippen MR) is 92.3 cm³/mol. The van der Waals surface area contributed by atoms with Crippen LogP contribution >= 0.6 is 0 Å². The molecule has 1 fully saturated rings. The zero-order valence-corrected chi connectivity index (χ0v) is 14.4. The average Bonchev–Trinajstić information content (AvgIpc) is 3.38. The van der Waals surface area contributed by atoms with Crippen molar-refractivity contribution in [1.29, 1.82) is 0 Å². The van der Waals surface area contributed by atoms with E-state index in [9.17, 15) is 13.2 Å². The number of rotatable bonds is 4. The van der Waals surface area contributed by atoms with Gasteiger partial charge in [0.1, 0.15) is 11.6 Å². The van der Waals surface area contributed by atoms with Crippen LogP contribution in [0.3, 0.4) is 0 Å². The number of carbonyl (C=O) groups excluding carboxylic acids is 1. The van der Waals surface area contributed by atoms with Crippen LogP contribution in [0.1, 0.15) is 29.9 Å². The first-order valence-electron chi connectivity index (χ1n) is 7.99. The summed E-state index contributed by atoms with van der Waals surface area (Å²) < 4.78 is 33.4. The van der Waals surface area contributed by atoms with Crippen LogP contribution < -0.4 is 14.8 Å². The Morgan fingerprint density at radius 3 is 2.84 bits per heavy atom. The molecule has 0 spiro atoms. The number of amides is 1. The molecule has 0 saturated heterocycles. The van der Waals surface area contributed by atoms with E-state index in [2.05, 4.69) is 15.0 Å².